The van der Waals surface area contributed by atoms with Gasteiger partial charge in [0, 0.05) is 25.2 Å². The largest absolute Gasteiger partial charge is 0.384 e. The van der Waals surface area contributed by atoms with Gasteiger partial charge in [-0.2, -0.15) is 10.2 Å². The molecule has 0 saturated heterocycles. The predicted octanol–water partition coefficient (Wildman–Crippen LogP) is 1.81. The van der Waals surface area contributed by atoms with Crippen molar-refractivity contribution >= 4 is 17.3 Å². The van der Waals surface area contributed by atoms with E-state index in [4.69, 9.17) is 11.6 Å². The molecule has 0 aromatic carbocycles. The maximum Gasteiger partial charge on any atom is 0.269 e. The highest BCUT2D eigenvalue weighted by Crippen LogP contribution is 2.18. The van der Waals surface area contributed by atoms with Gasteiger partial charge in [-0.25, -0.2) is 4.68 Å². The van der Waals surface area contributed by atoms with Crippen LogP contribution in [-0.2, 0) is 13.6 Å². The molecule has 0 aliphatic rings. The van der Waals surface area contributed by atoms with Crippen LogP contribution < -0.4 is 10.9 Å². The molecular formula is C13H18ClN5O. The summed E-state index contributed by atoms with van der Waals surface area (Å²) in [6, 6.07) is 1.54. The fraction of sp³-hybridized carbons (Fsp3) is 0.462. The third kappa shape index (κ3) is 3.01. The van der Waals surface area contributed by atoms with Gasteiger partial charge in [0.2, 0.25) is 0 Å². The van der Waals surface area contributed by atoms with Gasteiger partial charge in [-0.15, -0.1) is 0 Å². The first-order valence-corrected chi connectivity index (χ1v) is 6.89. The van der Waals surface area contributed by atoms with Gasteiger partial charge in [-0.1, -0.05) is 18.5 Å². The molecule has 2 heterocycles. The molecule has 0 fully saturated rings. The third-order valence-electron chi connectivity index (χ3n) is 3.03. The van der Waals surface area contributed by atoms with E-state index >= 15 is 0 Å². The van der Waals surface area contributed by atoms with E-state index in [-0.39, 0.29) is 5.56 Å². The van der Waals surface area contributed by atoms with E-state index in [0.717, 1.165) is 29.9 Å². The monoisotopic (exact) mass is 295 g/mol. The van der Waals surface area contributed by atoms with E-state index in [1.54, 1.807) is 24.0 Å². The van der Waals surface area contributed by atoms with Gasteiger partial charge in [0.15, 0.2) is 0 Å². The molecule has 0 bridgehead atoms. The molecule has 2 rings (SSSR count). The third-order valence-corrected chi connectivity index (χ3v) is 3.50. The second-order valence-corrected chi connectivity index (χ2v) is 5.00. The maximum atomic E-state index is 12.0. The Morgan fingerprint density at radius 1 is 1.45 bits per heavy atom. The van der Waals surface area contributed by atoms with E-state index in [2.05, 4.69) is 22.4 Å². The Kier molecular flexibility index (Phi) is 4.44. The van der Waals surface area contributed by atoms with Gasteiger partial charge in [0.25, 0.3) is 5.56 Å². The van der Waals surface area contributed by atoms with Crippen LogP contribution in [0.5, 0.6) is 0 Å². The lowest BCUT2D eigenvalue weighted by molar-refractivity contribution is 0.637. The van der Waals surface area contributed by atoms with Crippen LogP contribution >= 0.6 is 11.6 Å². The summed E-state index contributed by atoms with van der Waals surface area (Å²) in [6.07, 6.45) is 2.64. The van der Waals surface area contributed by atoms with Crippen molar-refractivity contribution in [3.8, 4) is 0 Å². The highest BCUT2D eigenvalue weighted by molar-refractivity contribution is 6.30. The van der Waals surface area contributed by atoms with Crippen molar-refractivity contribution in [1.29, 1.82) is 0 Å². The zero-order valence-electron chi connectivity index (χ0n) is 11.9. The maximum absolute atomic E-state index is 12.0. The molecule has 6 nitrogen and oxygen atoms in total. The zero-order chi connectivity index (χ0) is 14.7. The normalized spacial score (nSPS) is 10.8. The molecule has 0 saturated carbocycles. The van der Waals surface area contributed by atoms with Gasteiger partial charge < -0.3 is 5.32 Å². The van der Waals surface area contributed by atoms with Gasteiger partial charge in [-0.05, 0) is 13.3 Å². The van der Waals surface area contributed by atoms with Crippen LogP contribution in [0.1, 0.15) is 24.6 Å². The van der Waals surface area contributed by atoms with Crippen LogP contribution in [0.15, 0.2) is 17.1 Å². The number of aromatic nitrogens is 4. The molecule has 0 radical (unpaired) electrons. The van der Waals surface area contributed by atoms with Crippen molar-refractivity contribution < 1.29 is 0 Å². The summed E-state index contributed by atoms with van der Waals surface area (Å²) in [6.45, 7) is 5.07. The van der Waals surface area contributed by atoms with Crippen molar-refractivity contribution in [1.82, 2.24) is 19.6 Å². The second kappa shape index (κ2) is 6.09. The molecule has 0 unspecified atom stereocenters. The van der Waals surface area contributed by atoms with Gasteiger partial charge in [-0.3, -0.25) is 9.48 Å². The lowest BCUT2D eigenvalue weighted by Gasteiger charge is -2.07. The summed E-state index contributed by atoms with van der Waals surface area (Å²) in [7, 11) is 1.77. The molecule has 20 heavy (non-hydrogen) atoms. The van der Waals surface area contributed by atoms with Crippen molar-refractivity contribution in [2.75, 3.05) is 11.9 Å². The average Bonchev–Trinajstić information content (AvgIpc) is 2.65. The molecule has 0 aliphatic carbocycles. The lowest BCUT2D eigenvalue weighted by Crippen LogP contribution is -2.23. The Balaban J connectivity index is 2.24. The molecule has 7 heteroatoms. The Labute approximate surface area is 122 Å². The van der Waals surface area contributed by atoms with Crippen molar-refractivity contribution in [2.45, 2.75) is 26.8 Å². The Morgan fingerprint density at radius 3 is 2.75 bits per heavy atom. The number of hydrogen-bond donors (Lipinski definition) is 1. The van der Waals surface area contributed by atoms with Gasteiger partial charge >= 0.3 is 0 Å². The first-order valence-electron chi connectivity index (χ1n) is 6.52. The molecule has 108 valence electrons. The number of aryl methyl sites for hydroxylation is 2. The fourth-order valence-corrected chi connectivity index (χ4v) is 2.16. The van der Waals surface area contributed by atoms with Crippen molar-refractivity contribution in [3.05, 3.63) is 39.0 Å². The molecule has 0 amide bonds. The number of rotatable bonds is 5. The summed E-state index contributed by atoms with van der Waals surface area (Å²) in [5.74, 6) is 0. The fourth-order valence-electron chi connectivity index (χ4n) is 1.92. The van der Waals surface area contributed by atoms with Crippen LogP contribution in [0, 0.1) is 6.92 Å². The Hall–Kier alpha value is -1.82. The highest BCUT2D eigenvalue weighted by Gasteiger charge is 2.12. The number of hydrogen-bond acceptors (Lipinski definition) is 4. The molecule has 1 N–H and O–H groups in total. The first kappa shape index (κ1) is 14.6. The predicted molar refractivity (Wildman–Crippen MR) is 79.3 cm³/mol. The standard InChI is InChI=1S/C13H18ClN5O/c1-4-5-15-10-6-12(20)19(16-7-10)8-11-9(2)17-18(3)13(11)14/h6-7,15H,4-5,8H2,1-3H3. The van der Waals surface area contributed by atoms with E-state index in [0.29, 0.717) is 11.7 Å². The summed E-state index contributed by atoms with van der Waals surface area (Å²) in [5, 5.41) is 12.1. The quantitative estimate of drug-likeness (QED) is 0.914. The number of halogens is 1. The summed E-state index contributed by atoms with van der Waals surface area (Å²) in [4.78, 5) is 12.0. The minimum Gasteiger partial charge on any atom is -0.384 e. The SMILES string of the molecule is CCCNc1cnn(Cc2c(C)nn(C)c2Cl)c(=O)c1. The first-order chi connectivity index (χ1) is 9.52. The minimum atomic E-state index is -0.162. The number of nitrogens with zero attached hydrogens (tertiary/aromatic N) is 4. The molecular weight excluding hydrogens is 278 g/mol. The Morgan fingerprint density at radius 2 is 2.20 bits per heavy atom. The van der Waals surface area contributed by atoms with Gasteiger partial charge in [0.05, 0.1) is 24.1 Å². The second-order valence-electron chi connectivity index (χ2n) is 4.65. The van der Waals surface area contributed by atoms with E-state index in [1.807, 2.05) is 6.92 Å². The van der Waals surface area contributed by atoms with Crippen molar-refractivity contribution in [3.63, 3.8) is 0 Å². The molecule has 2 aromatic rings. The molecule has 2 aromatic heterocycles. The van der Waals surface area contributed by atoms with Crippen LogP contribution in [0.25, 0.3) is 0 Å². The summed E-state index contributed by atoms with van der Waals surface area (Å²) >= 11 is 6.16. The van der Waals surface area contributed by atoms with Crippen LogP contribution in [0.2, 0.25) is 5.15 Å². The Bertz CT molecular complexity index is 661. The molecule has 0 aliphatic heterocycles. The smallest absolute Gasteiger partial charge is 0.269 e. The summed E-state index contributed by atoms with van der Waals surface area (Å²) in [5.41, 5.74) is 2.20. The molecule has 0 atom stereocenters. The van der Waals surface area contributed by atoms with Crippen LogP contribution in [0.3, 0.4) is 0 Å². The highest BCUT2D eigenvalue weighted by atomic mass is 35.5. The van der Waals surface area contributed by atoms with Crippen LogP contribution in [0.4, 0.5) is 5.69 Å². The molecule has 0 spiro atoms. The van der Waals surface area contributed by atoms with Crippen molar-refractivity contribution in [2.24, 2.45) is 7.05 Å². The lowest BCUT2D eigenvalue weighted by atomic mass is 10.2. The number of anilines is 1. The van der Waals surface area contributed by atoms with Gasteiger partial charge in [0.1, 0.15) is 5.15 Å². The number of nitrogens with one attached hydrogen (secondary N) is 1. The van der Waals surface area contributed by atoms with E-state index in [1.165, 1.54) is 4.68 Å². The average molecular weight is 296 g/mol. The summed E-state index contributed by atoms with van der Waals surface area (Å²) < 4.78 is 2.97. The zero-order valence-corrected chi connectivity index (χ0v) is 12.6. The van der Waals surface area contributed by atoms with E-state index in [9.17, 15) is 4.79 Å². The minimum absolute atomic E-state index is 0.162. The van der Waals surface area contributed by atoms with Crippen LogP contribution in [-0.4, -0.2) is 26.1 Å². The van der Waals surface area contributed by atoms with E-state index < -0.39 is 0 Å². The topological polar surface area (TPSA) is 64.7 Å².